The number of hydrogen-bond donors (Lipinski definition) is 1. The summed E-state index contributed by atoms with van der Waals surface area (Å²) in [6.07, 6.45) is 7.07. The number of nitro groups is 1. The van der Waals surface area contributed by atoms with E-state index >= 15 is 0 Å². The van der Waals surface area contributed by atoms with Crippen molar-refractivity contribution in [2.24, 2.45) is 7.05 Å². The number of aromatic carboxylic acids is 1. The Labute approximate surface area is 136 Å². The summed E-state index contributed by atoms with van der Waals surface area (Å²) in [5.41, 5.74) is 1.62. The van der Waals surface area contributed by atoms with E-state index in [0.29, 0.717) is 11.4 Å². The van der Waals surface area contributed by atoms with Crippen LogP contribution in [-0.2, 0) is 7.05 Å². The monoisotopic (exact) mass is 326 g/mol. The van der Waals surface area contributed by atoms with Crippen LogP contribution in [0.2, 0.25) is 0 Å². The van der Waals surface area contributed by atoms with E-state index in [0.717, 1.165) is 30.1 Å². The number of rotatable bonds is 4. The molecule has 0 bridgehead atoms. The Morgan fingerprint density at radius 3 is 2.54 bits per heavy atom. The zero-order valence-electron chi connectivity index (χ0n) is 12.8. The summed E-state index contributed by atoms with van der Waals surface area (Å²) >= 11 is 0. The zero-order chi connectivity index (χ0) is 17.3. The Hall–Kier alpha value is -3.29. The maximum atomic E-state index is 11.3. The molecule has 122 valence electrons. The number of carboxylic acids is 1. The van der Waals surface area contributed by atoms with Crippen LogP contribution in [0.5, 0.6) is 0 Å². The highest BCUT2D eigenvalue weighted by Gasteiger charge is 2.21. The predicted octanol–water partition coefficient (Wildman–Crippen LogP) is 2.68. The van der Waals surface area contributed by atoms with Gasteiger partial charge in [0.2, 0.25) is 0 Å². The van der Waals surface area contributed by atoms with E-state index in [-0.39, 0.29) is 11.3 Å². The van der Waals surface area contributed by atoms with Gasteiger partial charge in [-0.15, -0.1) is 10.2 Å². The number of carboxylic acid groups (broad SMARTS) is 1. The molecule has 0 aliphatic heterocycles. The van der Waals surface area contributed by atoms with Gasteiger partial charge in [0.15, 0.2) is 5.82 Å². The van der Waals surface area contributed by atoms with Crippen LogP contribution in [0.4, 0.5) is 5.69 Å². The van der Waals surface area contributed by atoms with Gasteiger partial charge < -0.3 is 9.67 Å². The number of hydrogen-bond acceptors (Lipinski definition) is 5. The topological polar surface area (TPSA) is 111 Å². The van der Waals surface area contributed by atoms with Gasteiger partial charge in [-0.05, 0) is 30.0 Å². The maximum Gasteiger partial charge on any atom is 0.335 e. The van der Waals surface area contributed by atoms with Crippen molar-refractivity contribution in [2.75, 3.05) is 0 Å². The predicted molar refractivity (Wildman–Crippen MR) is 86.2 cm³/mol. The van der Waals surface area contributed by atoms with E-state index in [1.165, 1.54) is 12.1 Å². The fourth-order valence-electron chi connectivity index (χ4n) is 2.68. The van der Waals surface area contributed by atoms with Crippen molar-refractivity contribution >= 4 is 22.8 Å². The van der Waals surface area contributed by atoms with Gasteiger partial charge in [-0.3, -0.25) is 10.1 Å². The highest BCUT2D eigenvalue weighted by Crippen LogP contribution is 2.36. The van der Waals surface area contributed by atoms with Gasteiger partial charge in [-0.2, -0.15) is 0 Å². The summed E-state index contributed by atoms with van der Waals surface area (Å²) in [7, 11) is 1.80. The van der Waals surface area contributed by atoms with Crippen LogP contribution in [0, 0.1) is 10.1 Å². The summed E-state index contributed by atoms with van der Waals surface area (Å²) in [5.74, 6) is -0.579. The molecule has 0 radical (unpaired) electrons. The molecule has 0 amide bonds. The fraction of sp³-hybridized carbons (Fsp3) is 0.188. The molecule has 8 nitrogen and oxygen atoms in total. The van der Waals surface area contributed by atoms with Crippen LogP contribution in [0.25, 0.3) is 11.1 Å². The van der Waals surface area contributed by atoms with Crippen LogP contribution >= 0.6 is 0 Å². The number of aromatic nitrogens is 3. The first kappa shape index (κ1) is 15.6. The minimum absolute atomic E-state index is 0.122. The largest absolute Gasteiger partial charge is 0.478 e. The van der Waals surface area contributed by atoms with Crippen molar-refractivity contribution < 1.29 is 14.8 Å². The van der Waals surface area contributed by atoms with Gasteiger partial charge in [0.25, 0.3) is 5.69 Å². The van der Waals surface area contributed by atoms with Gasteiger partial charge in [-0.25, -0.2) is 4.79 Å². The summed E-state index contributed by atoms with van der Waals surface area (Å²) in [5, 5.41) is 28.3. The van der Waals surface area contributed by atoms with Crippen molar-refractivity contribution in [2.45, 2.75) is 12.8 Å². The van der Waals surface area contributed by atoms with Crippen LogP contribution < -0.4 is 0 Å². The van der Waals surface area contributed by atoms with Gasteiger partial charge in [-0.1, -0.05) is 12.2 Å². The molecular formula is C16H14N4O4. The molecule has 1 N–H and O–H groups in total. The maximum absolute atomic E-state index is 11.3. The van der Waals surface area contributed by atoms with Crippen LogP contribution in [0.15, 0.2) is 36.7 Å². The van der Waals surface area contributed by atoms with E-state index in [9.17, 15) is 20.0 Å². The summed E-state index contributed by atoms with van der Waals surface area (Å²) in [6.45, 7) is 0. The number of carbonyl (C=O) groups is 1. The molecule has 0 saturated carbocycles. The lowest BCUT2D eigenvalue weighted by atomic mass is 9.90. The lowest BCUT2D eigenvalue weighted by Gasteiger charge is -2.16. The second kappa shape index (κ2) is 6.07. The van der Waals surface area contributed by atoms with E-state index in [1.54, 1.807) is 17.9 Å². The number of nitrogens with zero attached hydrogens (tertiary/aromatic N) is 4. The van der Waals surface area contributed by atoms with E-state index in [4.69, 9.17) is 0 Å². The molecule has 1 aromatic carbocycles. The smallest absolute Gasteiger partial charge is 0.335 e. The number of non-ortho nitro benzene ring substituents is 1. The third-order valence-corrected chi connectivity index (χ3v) is 3.79. The van der Waals surface area contributed by atoms with Crippen LogP contribution in [0.1, 0.15) is 34.6 Å². The van der Waals surface area contributed by atoms with Gasteiger partial charge in [0, 0.05) is 24.8 Å². The lowest BCUT2D eigenvalue weighted by molar-refractivity contribution is -0.384. The summed E-state index contributed by atoms with van der Waals surface area (Å²) in [6, 6.07) is 3.88. The van der Waals surface area contributed by atoms with E-state index < -0.39 is 10.9 Å². The molecule has 1 aliphatic rings. The SMILES string of the molecule is Cn1cnnc1C1=CCCC=C1c1cc(C(=O)O)cc([N+](=O)[O-])c1. The molecule has 0 saturated heterocycles. The molecule has 0 fully saturated rings. The Balaban J connectivity index is 2.14. The van der Waals surface area contributed by atoms with Crippen molar-refractivity contribution in [3.63, 3.8) is 0 Å². The third kappa shape index (κ3) is 2.81. The Kier molecular flexibility index (Phi) is 3.95. The standard InChI is InChI=1S/C16H14N4O4/c1-19-9-17-18-15(19)14-5-3-2-4-13(14)10-6-11(16(21)22)8-12(7-10)20(23)24/h4-9H,2-3H2,1H3,(H,21,22). The average Bonchev–Trinajstić information content (AvgIpc) is 3.00. The Morgan fingerprint density at radius 2 is 1.96 bits per heavy atom. The summed E-state index contributed by atoms with van der Waals surface area (Å²) < 4.78 is 1.75. The van der Waals surface area contributed by atoms with Gasteiger partial charge in [0.05, 0.1) is 10.5 Å². The van der Waals surface area contributed by atoms with Gasteiger partial charge in [0.1, 0.15) is 6.33 Å². The second-order valence-corrected chi connectivity index (χ2v) is 5.41. The molecule has 24 heavy (non-hydrogen) atoms. The molecule has 0 spiro atoms. The molecule has 1 heterocycles. The Bertz CT molecular complexity index is 863. The number of aryl methyl sites for hydroxylation is 1. The van der Waals surface area contributed by atoms with Crippen molar-refractivity contribution in [1.82, 2.24) is 14.8 Å². The molecule has 1 aliphatic carbocycles. The highest BCUT2D eigenvalue weighted by atomic mass is 16.6. The molecule has 2 aromatic rings. The molecule has 8 heteroatoms. The molecule has 0 atom stereocenters. The van der Waals surface area contributed by atoms with E-state index in [1.807, 2.05) is 12.2 Å². The fourth-order valence-corrected chi connectivity index (χ4v) is 2.68. The van der Waals surface area contributed by atoms with Crippen molar-refractivity contribution in [1.29, 1.82) is 0 Å². The zero-order valence-corrected chi connectivity index (χ0v) is 12.8. The number of allylic oxidation sites excluding steroid dienone is 4. The Morgan fingerprint density at radius 1 is 1.25 bits per heavy atom. The summed E-state index contributed by atoms with van der Waals surface area (Å²) in [4.78, 5) is 21.8. The number of nitro benzene ring substituents is 1. The van der Waals surface area contributed by atoms with Crippen LogP contribution in [-0.4, -0.2) is 30.8 Å². The molecular weight excluding hydrogens is 312 g/mol. The molecule has 3 rings (SSSR count). The molecule has 1 aromatic heterocycles. The first-order valence-electron chi connectivity index (χ1n) is 7.25. The second-order valence-electron chi connectivity index (χ2n) is 5.41. The third-order valence-electron chi connectivity index (χ3n) is 3.79. The van der Waals surface area contributed by atoms with Crippen molar-refractivity contribution in [3.8, 4) is 0 Å². The highest BCUT2D eigenvalue weighted by molar-refractivity contribution is 6.05. The lowest BCUT2D eigenvalue weighted by Crippen LogP contribution is -2.04. The molecule has 0 unspecified atom stereocenters. The average molecular weight is 326 g/mol. The van der Waals surface area contributed by atoms with Crippen LogP contribution in [0.3, 0.4) is 0 Å². The minimum Gasteiger partial charge on any atom is -0.478 e. The van der Waals surface area contributed by atoms with Gasteiger partial charge >= 0.3 is 5.97 Å². The van der Waals surface area contributed by atoms with Crippen molar-refractivity contribution in [3.05, 3.63) is 63.7 Å². The number of benzene rings is 1. The normalized spacial score (nSPS) is 14.0. The quantitative estimate of drug-likeness (QED) is 0.683. The van der Waals surface area contributed by atoms with E-state index in [2.05, 4.69) is 10.2 Å². The first-order valence-corrected chi connectivity index (χ1v) is 7.25. The first-order chi connectivity index (χ1) is 11.5. The minimum atomic E-state index is -1.21.